The molecule has 0 saturated heterocycles. The van der Waals surface area contributed by atoms with Crippen molar-refractivity contribution in [3.8, 4) is 5.75 Å². The fraction of sp³-hybridized carbons (Fsp3) is 0.316. The molecule has 0 fully saturated rings. The predicted molar refractivity (Wildman–Crippen MR) is 107 cm³/mol. The lowest BCUT2D eigenvalue weighted by Crippen LogP contribution is -2.12. The number of nitrogens with zero attached hydrogens (tertiary/aromatic N) is 1. The second-order valence-corrected chi connectivity index (χ2v) is 8.65. The summed E-state index contributed by atoms with van der Waals surface area (Å²) in [5.74, 6) is 0.751. The summed E-state index contributed by atoms with van der Waals surface area (Å²) in [4.78, 5) is 4.60. The molecule has 2 aromatic carbocycles. The summed E-state index contributed by atoms with van der Waals surface area (Å²) >= 11 is 1.29. The minimum Gasteiger partial charge on any atom is -0.494 e. The van der Waals surface area contributed by atoms with Crippen LogP contribution in [0.5, 0.6) is 5.75 Å². The summed E-state index contributed by atoms with van der Waals surface area (Å²) in [6, 6.07) is 12.6. The molecular formula is C19H22N2O3S2. The first-order chi connectivity index (χ1) is 12.5. The molecule has 0 amide bonds. The van der Waals surface area contributed by atoms with E-state index in [1.807, 2.05) is 37.3 Å². The zero-order valence-electron chi connectivity index (χ0n) is 14.9. The molecule has 1 heterocycles. The number of hydrogen-bond donors (Lipinski definition) is 1. The van der Waals surface area contributed by atoms with E-state index in [1.165, 1.54) is 11.3 Å². The maximum Gasteiger partial charge on any atom is 0.263 e. The number of nitrogens with one attached hydrogen (secondary N) is 1. The van der Waals surface area contributed by atoms with Gasteiger partial charge in [-0.2, -0.15) is 0 Å². The van der Waals surface area contributed by atoms with Crippen LogP contribution < -0.4 is 9.46 Å². The molecule has 1 aromatic heterocycles. The number of ether oxygens (including phenoxy) is 1. The van der Waals surface area contributed by atoms with Gasteiger partial charge in [0.15, 0.2) is 5.13 Å². The van der Waals surface area contributed by atoms with Crippen LogP contribution in [0.3, 0.4) is 0 Å². The van der Waals surface area contributed by atoms with Crippen LogP contribution in [-0.4, -0.2) is 20.0 Å². The average molecular weight is 391 g/mol. The first-order valence-electron chi connectivity index (χ1n) is 8.67. The summed E-state index contributed by atoms with van der Waals surface area (Å²) in [6.07, 6.45) is 3.17. The number of fused-ring (bicyclic) bond motifs is 1. The van der Waals surface area contributed by atoms with E-state index >= 15 is 0 Å². The number of anilines is 1. The second-order valence-electron chi connectivity index (χ2n) is 5.93. The Hall–Kier alpha value is -2.12. The Morgan fingerprint density at radius 3 is 2.58 bits per heavy atom. The van der Waals surface area contributed by atoms with Gasteiger partial charge >= 0.3 is 0 Å². The molecular weight excluding hydrogens is 368 g/mol. The van der Waals surface area contributed by atoms with Crippen molar-refractivity contribution in [3.63, 3.8) is 0 Å². The molecule has 0 saturated carbocycles. The van der Waals surface area contributed by atoms with Gasteiger partial charge in [-0.1, -0.05) is 36.8 Å². The van der Waals surface area contributed by atoms with Gasteiger partial charge in [0.2, 0.25) is 0 Å². The number of sulfonamides is 1. The third kappa shape index (κ3) is 4.34. The summed E-state index contributed by atoms with van der Waals surface area (Å²) in [7, 11) is -3.65. The molecule has 7 heteroatoms. The van der Waals surface area contributed by atoms with E-state index in [2.05, 4.69) is 16.6 Å². The van der Waals surface area contributed by atoms with Crippen LogP contribution in [0, 0.1) is 0 Å². The quantitative estimate of drug-likeness (QED) is 0.598. The molecule has 3 rings (SSSR count). The summed E-state index contributed by atoms with van der Waals surface area (Å²) in [5.41, 5.74) is 1.89. The number of benzene rings is 2. The lowest BCUT2D eigenvalue weighted by atomic mass is 10.1. The number of rotatable bonds is 8. The molecule has 0 spiro atoms. The Labute approximate surface area is 158 Å². The molecule has 0 aliphatic heterocycles. The highest BCUT2D eigenvalue weighted by atomic mass is 32.2. The van der Waals surface area contributed by atoms with Gasteiger partial charge < -0.3 is 4.74 Å². The number of hydrogen-bond acceptors (Lipinski definition) is 5. The molecule has 0 aliphatic carbocycles. The molecule has 0 atom stereocenters. The maximum absolute atomic E-state index is 12.6. The number of aryl methyl sites for hydroxylation is 1. The molecule has 0 aliphatic rings. The van der Waals surface area contributed by atoms with E-state index < -0.39 is 10.0 Å². The zero-order chi connectivity index (χ0) is 18.6. The number of aromatic nitrogens is 1. The topological polar surface area (TPSA) is 68.3 Å². The van der Waals surface area contributed by atoms with Gasteiger partial charge in [-0.15, -0.1) is 0 Å². The van der Waals surface area contributed by atoms with Gasteiger partial charge in [-0.05, 0) is 55.7 Å². The van der Waals surface area contributed by atoms with Gasteiger partial charge in [0.25, 0.3) is 10.0 Å². The first-order valence-corrected chi connectivity index (χ1v) is 11.0. The van der Waals surface area contributed by atoms with Crippen LogP contribution in [0.25, 0.3) is 10.2 Å². The van der Waals surface area contributed by atoms with Crippen molar-refractivity contribution in [3.05, 3.63) is 48.0 Å². The Morgan fingerprint density at radius 1 is 1.12 bits per heavy atom. The van der Waals surface area contributed by atoms with Crippen molar-refractivity contribution in [2.75, 3.05) is 11.3 Å². The monoisotopic (exact) mass is 390 g/mol. The number of unbranched alkanes of at least 4 members (excludes halogenated alkanes) is 1. The summed E-state index contributed by atoms with van der Waals surface area (Å²) in [5, 5.41) is 0.351. The normalized spacial score (nSPS) is 11.6. The zero-order valence-corrected chi connectivity index (χ0v) is 16.5. The Balaban J connectivity index is 1.79. The lowest BCUT2D eigenvalue weighted by molar-refractivity contribution is 0.341. The lowest BCUT2D eigenvalue weighted by Gasteiger charge is -2.06. The fourth-order valence-electron chi connectivity index (χ4n) is 2.60. The Morgan fingerprint density at radius 2 is 1.88 bits per heavy atom. The van der Waals surface area contributed by atoms with Crippen molar-refractivity contribution in [1.29, 1.82) is 0 Å². The van der Waals surface area contributed by atoms with E-state index in [1.54, 1.807) is 12.1 Å². The Bertz CT molecular complexity index is 980. The van der Waals surface area contributed by atoms with E-state index in [0.717, 1.165) is 40.8 Å². The number of thiazole rings is 1. The minimum absolute atomic E-state index is 0.243. The summed E-state index contributed by atoms with van der Waals surface area (Å²) < 4.78 is 34.1. The van der Waals surface area contributed by atoms with Gasteiger partial charge in [-0.25, -0.2) is 13.4 Å². The minimum atomic E-state index is -3.65. The van der Waals surface area contributed by atoms with Crippen LogP contribution >= 0.6 is 11.3 Å². The van der Waals surface area contributed by atoms with Crippen LogP contribution in [0.1, 0.15) is 32.3 Å². The van der Waals surface area contributed by atoms with E-state index in [0.29, 0.717) is 11.7 Å². The summed E-state index contributed by atoms with van der Waals surface area (Å²) in [6.45, 7) is 4.64. The van der Waals surface area contributed by atoms with Crippen LogP contribution in [0.15, 0.2) is 47.4 Å². The van der Waals surface area contributed by atoms with Gasteiger partial charge in [-0.3, -0.25) is 4.72 Å². The van der Waals surface area contributed by atoms with Crippen molar-refractivity contribution in [2.24, 2.45) is 0 Å². The molecule has 0 radical (unpaired) electrons. The SMILES string of the molecule is CCCCc1ccc(S(=O)(=O)Nc2nc3ccc(OCC)cc3s2)cc1. The standard InChI is InChI=1S/C19H22N2O3S2/c1-3-5-6-14-7-10-16(11-8-14)26(22,23)21-19-20-17-12-9-15(24-4-2)13-18(17)25-19/h7-13H,3-6H2,1-2H3,(H,20,21). The molecule has 3 aromatic rings. The van der Waals surface area contributed by atoms with Crippen LogP contribution in [-0.2, 0) is 16.4 Å². The van der Waals surface area contributed by atoms with Crippen molar-refractivity contribution in [2.45, 2.75) is 38.0 Å². The Kier molecular flexibility index (Phi) is 5.78. The molecule has 26 heavy (non-hydrogen) atoms. The third-order valence-corrected chi connectivity index (χ3v) is 6.36. The van der Waals surface area contributed by atoms with Gasteiger partial charge in [0, 0.05) is 0 Å². The second kappa shape index (κ2) is 8.05. The highest BCUT2D eigenvalue weighted by molar-refractivity contribution is 7.93. The largest absolute Gasteiger partial charge is 0.494 e. The van der Waals surface area contributed by atoms with Crippen molar-refractivity contribution in [1.82, 2.24) is 4.98 Å². The van der Waals surface area contributed by atoms with E-state index in [4.69, 9.17) is 4.74 Å². The van der Waals surface area contributed by atoms with Crippen molar-refractivity contribution >= 4 is 36.7 Å². The van der Waals surface area contributed by atoms with E-state index in [-0.39, 0.29) is 4.90 Å². The molecule has 5 nitrogen and oxygen atoms in total. The molecule has 138 valence electrons. The highest BCUT2D eigenvalue weighted by Crippen LogP contribution is 2.30. The average Bonchev–Trinajstić information content (AvgIpc) is 3.01. The molecule has 0 bridgehead atoms. The van der Waals surface area contributed by atoms with Gasteiger partial charge in [0.1, 0.15) is 5.75 Å². The van der Waals surface area contributed by atoms with Crippen molar-refractivity contribution < 1.29 is 13.2 Å². The fourth-order valence-corrected chi connectivity index (χ4v) is 4.72. The maximum atomic E-state index is 12.6. The van der Waals surface area contributed by atoms with Crippen LogP contribution in [0.4, 0.5) is 5.13 Å². The third-order valence-electron chi connectivity index (χ3n) is 3.95. The highest BCUT2D eigenvalue weighted by Gasteiger charge is 2.16. The van der Waals surface area contributed by atoms with E-state index in [9.17, 15) is 8.42 Å². The first kappa shape index (κ1) is 18.7. The molecule has 1 N–H and O–H groups in total. The molecule has 0 unspecified atom stereocenters. The van der Waals surface area contributed by atoms with Crippen LogP contribution in [0.2, 0.25) is 0 Å². The smallest absolute Gasteiger partial charge is 0.263 e. The predicted octanol–water partition coefficient (Wildman–Crippen LogP) is 4.84. The van der Waals surface area contributed by atoms with Gasteiger partial charge in [0.05, 0.1) is 21.7 Å².